The third-order valence-corrected chi connectivity index (χ3v) is 7.30. The van der Waals surface area contributed by atoms with Gasteiger partial charge in [0, 0.05) is 26.2 Å². The van der Waals surface area contributed by atoms with Gasteiger partial charge < -0.3 is 9.64 Å². The molecule has 38 heavy (non-hydrogen) atoms. The fraction of sp³-hybridized carbons (Fsp3) is 0.486. The summed E-state index contributed by atoms with van der Waals surface area (Å²) >= 11 is 0. The highest BCUT2D eigenvalue weighted by atomic mass is 16.5. The second kappa shape index (κ2) is 18.7. The molecule has 0 amide bonds. The summed E-state index contributed by atoms with van der Waals surface area (Å²) in [5, 5.41) is 0. The lowest BCUT2D eigenvalue weighted by Gasteiger charge is -2.28. The van der Waals surface area contributed by atoms with Gasteiger partial charge in [-0.1, -0.05) is 133 Å². The number of ether oxygens (including phenoxy) is 1. The second-order valence-electron chi connectivity index (χ2n) is 9.74. The molecule has 0 spiro atoms. The summed E-state index contributed by atoms with van der Waals surface area (Å²) in [7, 11) is 0. The molecule has 1 heterocycles. The molecule has 0 radical (unpaired) electrons. The molecular weight excluding hydrogens is 464 g/mol. The molecule has 208 valence electrons. The zero-order valence-electron chi connectivity index (χ0n) is 24.9. The van der Waals surface area contributed by atoms with Crippen molar-refractivity contribution < 1.29 is 4.74 Å². The van der Waals surface area contributed by atoms with Gasteiger partial charge in [0.15, 0.2) is 0 Å². The van der Waals surface area contributed by atoms with E-state index in [1.54, 1.807) is 0 Å². The van der Waals surface area contributed by atoms with Crippen molar-refractivity contribution in [3.8, 4) is 0 Å². The Morgan fingerprint density at radius 1 is 0.605 bits per heavy atom. The summed E-state index contributed by atoms with van der Waals surface area (Å²) in [6, 6.07) is 32.1. The predicted molar refractivity (Wildman–Crippen MR) is 165 cm³/mol. The Bertz CT molecular complexity index is 908. The topological polar surface area (TPSA) is 15.7 Å². The van der Waals surface area contributed by atoms with Crippen molar-refractivity contribution in [3.63, 3.8) is 0 Å². The highest BCUT2D eigenvalue weighted by Gasteiger charge is 2.21. The highest BCUT2D eigenvalue weighted by Crippen LogP contribution is 2.26. The van der Waals surface area contributed by atoms with E-state index in [9.17, 15) is 0 Å². The predicted octanol–water partition coefficient (Wildman–Crippen LogP) is 8.29. The van der Waals surface area contributed by atoms with Crippen LogP contribution < -0.4 is 0 Å². The third kappa shape index (κ3) is 10.4. The van der Waals surface area contributed by atoms with E-state index in [0.29, 0.717) is 11.8 Å². The van der Waals surface area contributed by atoms with E-state index in [4.69, 9.17) is 4.74 Å². The van der Waals surface area contributed by atoms with Crippen LogP contribution in [0.5, 0.6) is 0 Å². The SMILES string of the molecule is CC.CC.CC(CN1CCCN(CCOC(c2ccccc2)c2ccccc2)CC1)C(C)c1ccccc1. The van der Waals surface area contributed by atoms with Gasteiger partial charge in [-0.25, -0.2) is 0 Å². The molecule has 0 saturated carbocycles. The number of hydrogen-bond acceptors (Lipinski definition) is 3. The zero-order chi connectivity index (χ0) is 27.6. The maximum Gasteiger partial charge on any atom is 0.108 e. The van der Waals surface area contributed by atoms with Crippen LogP contribution in [-0.4, -0.2) is 55.7 Å². The van der Waals surface area contributed by atoms with Crippen LogP contribution in [0.3, 0.4) is 0 Å². The van der Waals surface area contributed by atoms with Crippen molar-refractivity contribution in [1.82, 2.24) is 9.80 Å². The van der Waals surface area contributed by atoms with Gasteiger partial charge in [-0.2, -0.15) is 0 Å². The fourth-order valence-electron chi connectivity index (χ4n) is 5.02. The molecule has 0 N–H and O–H groups in total. The average molecular weight is 517 g/mol. The van der Waals surface area contributed by atoms with Crippen molar-refractivity contribution in [2.75, 3.05) is 45.9 Å². The quantitative estimate of drug-likeness (QED) is 0.269. The Kier molecular flexibility index (Phi) is 15.7. The average Bonchev–Trinajstić information content (AvgIpc) is 3.23. The van der Waals surface area contributed by atoms with E-state index >= 15 is 0 Å². The molecule has 1 fully saturated rings. The monoisotopic (exact) mass is 516 g/mol. The Balaban J connectivity index is 0.00000121. The molecule has 3 aromatic rings. The van der Waals surface area contributed by atoms with Crippen molar-refractivity contribution >= 4 is 0 Å². The summed E-state index contributed by atoms with van der Waals surface area (Å²) in [5.41, 5.74) is 3.89. The standard InChI is InChI=1S/C31H40N2O.2C2H6/c1-26(27(2)28-13-6-3-7-14-28)25-33-20-12-19-32(21-22-33)23-24-34-31(29-15-8-4-9-16-29)30-17-10-5-11-18-30;2*1-2/h3-11,13-18,26-27,31H,12,19-25H2,1-2H3;2*1-2H3. The normalized spacial score (nSPS) is 15.9. The van der Waals surface area contributed by atoms with Crippen LogP contribution in [0.4, 0.5) is 0 Å². The summed E-state index contributed by atoms with van der Waals surface area (Å²) in [5.74, 6) is 1.23. The summed E-state index contributed by atoms with van der Waals surface area (Å²) in [4.78, 5) is 5.25. The van der Waals surface area contributed by atoms with Crippen LogP contribution >= 0.6 is 0 Å². The van der Waals surface area contributed by atoms with Gasteiger partial charge in [0.1, 0.15) is 6.10 Å². The fourth-order valence-corrected chi connectivity index (χ4v) is 5.02. The Morgan fingerprint density at radius 3 is 1.58 bits per heavy atom. The van der Waals surface area contributed by atoms with Crippen molar-refractivity contribution in [1.29, 1.82) is 0 Å². The van der Waals surface area contributed by atoms with Gasteiger partial charge in [-0.3, -0.25) is 4.90 Å². The largest absolute Gasteiger partial charge is 0.367 e. The van der Waals surface area contributed by atoms with E-state index in [1.807, 2.05) is 27.7 Å². The van der Waals surface area contributed by atoms with Gasteiger partial charge in [-0.15, -0.1) is 0 Å². The first-order valence-electron chi connectivity index (χ1n) is 14.9. The minimum Gasteiger partial charge on any atom is -0.367 e. The maximum atomic E-state index is 6.47. The molecule has 0 bridgehead atoms. The number of hydrogen-bond donors (Lipinski definition) is 0. The van der Waals surface area contributed by atoms with Crippen LogP contribution in [0.2, 0.25) is 0 Å². The Labute approximate surface area is 233 Å². The third-order valence-electron chi connectivity index (χ3n) is 7.30. The van der Waals surface area contributed by atoms with Crippen molar-refractivity contribution in [3.05, 3.63) is 108 Å². The van der Waals surface area contributed by atoms with Gasteiger partial charge in [0.25, 0.3) is 0 Å². The van der Waals surface area contributed by atoms with Crippen LogP contribution in [0, 0.1) is 5.92 Å². The van der Waals surface area contributed by atoms with Crippen LogP contribution in [0.15, 0.2) is 91.0 Å². The number of nitrogens with zero attached hydrogens (tertiary/aromatic N) is 2. The van der Waals surface area contributed by atoms with Crippen LogP contribution in [-0.2, 0) is 4.74 Å². The molecular formula is C35H52N2O. The smallest absolute Gasteiger partial charge is 0.108 e. The molecule has 3 aromatic carbocycles. The molecule has 4 rings (SSSR count). The van der Waals surface area contributed by atoms with Gasteiger partial charge in [0.05, 0.1) is 6.61 Å². The van der Waals surface area contributed by atoms with Crippen LogP contribution in [0.1, 0.15) is 76.7 Å². The molecule has 1 saturated heterocycles. The first-order valence-corrected chi connectivity index (χ1v) is 14.9. The van der Waals surface area contributed by atoms with E-state index < -0.39 is 0 Å². The lowest BCUT2D eigenvalue weighted by molar-refractivity contribution is 0.0604. The van der Waals surface area contributed by atoms with E-state index in [0.717, 1.165) is 32.8 Å². The van der Waals surface area contributed by atoms with E-state index in [-0.39, 0.29) is 6.10 Å². The van der Waals surface area contributed by atoms with E-state index in [2.05, 4.69) is 115 Å². The molecule has 3 heteroatoms. The molecule has 3 nitrogen and oxygen atoms in total. The first kappa shape index (κ1) is 31.8. The summed E-state index contributed by atoms with van der Waals surface area (Å²) in [6.07, 6.45) is 1.22. The Hall–Kier alpha value is -2.46. The van der Waals surface area contributed by atoms with E-state index in [1.165, 1.54) is 36.2 Å². The maximum absolute atomic E-state index is 6.47. The minimum absolute atomic E-state index is 0.00815. The second-order valence-corrected chi connectivity index (χ2v) is 9.74. The van der Waals surface area contributed by atoms with Crippen molar-refractivity contribution in [2.24, 2.45) is 5.92 Å². The van der Waals surface area contributed by atoms with Gasteiger partial charge in [0.2, 0.25) is 0 Å². The van der Waals surface area contributed by atoms with Gasteiger partial charge >= 0.3 is 0 Å². The van der Waals surface area contributed by atoms with Crippen LogP contribution in [0.25, 0.3) is 0 Å². The summed E-state index contributed by atoms with van der Waals surface area (Å²) < 4.78 is 6.47. The minimum atomic E-state index is -0.00815. The number of benzene rings is 3. The first-order chi connectivity index (χ1) is 18.7. The molecule has 1 aliphatic heterocycles. The molecule has 1 aliphatic rings. The lowest BCUT2D eigenvalue weighted by Crippen LogP contribution is -2.35. The molecule has 0 aromatic heterocycles. The Morgan fingerprint density at radius 2 is 1.05 bits per heavy atom. The van der Waals surface area contributed by atoms with Crippen molar-refractivity contribution in [2.45, 2.75) is 60.0 Å². The molecule has 2 unspecified atom stereocenters. The summed E-state index contributed by atoms with van der Waals surface area (Å²) in [6.45, 7) is 20.3. The molecule has 0 aliphatic carbocycles. The van der Waals surface area contributed by atoms with Gasteiger partial charge in [-0.05, 0) is 48.0 Å². The highest BCUT2D eigenvalue weighted by molar-refractivity contribution is 5.29. The number of rotatable bonds is 10. The molecule has 2 atom stereocenters. The lowest BCUT2D eigenvalue weighted by atomic mass is 9.88. The zero-order valence-corrected chi connectivity index (χ0v) is 24.9.